The van der Waals surface area contributed by atoms with E-state index in [0.29, 0.717) is 18.7 Å². The van der Waals surface area contributed by atoms with Gasteiger partial charge in [-0.3, -0.25) is 4.72 Å². The molecule has 3 rings (SSSR count). The monoisotopic (exact) mass is 394 g/mol. The van der Waals surface area contributed by atoms with Gasteiger partial charge in [-0.15, -0.1) is 0 Å². The first-order chi connectivity index (χ1) is 12.3. The molecule has 1 aliphatic heterocycles. The summed E-state index contributed by atoms with van der Waals surface area (Å²) in [5.41, 5.74) is 1.97. The predicted octanol–water partition coefficient (Wildman–Crippen LogP) is 2.72. The number of anilines is 1. The number of hydrogen-bond acceptors (Lipinski definition) is 4. The molecule has 1 aliphatic rings. The summed E-state index contributed by atoms with van der Waals surface area (Å²) in [6, 6.07) is 13.2. The number of benzene rings is 2. The molecule has 6 nitrogen and oxygen atoms in total. The Morgan fingerprint density at radius 1 is 0.962 bits per heavy atom. The fourth-order valence-corrected chi connectivity index (χ4v) is 5.67. The van der Waals surface area contributed by atoms with Gasteiger partial charge in [0.05, 0.1) is 10.6 Å². The standard InChI is InChI=1S/C18H22N2O4S2/c1-15-7-9-16(10-8-15)14-25(21,22)19-17-5-4-6-18(13-17)26(23,24)20-11-2-3-12-20/h4-10,13,19H,2-3,11-12,14H2,1H3. The van der Waals surface area contributed by atoms with Crippen molar-refractivity contribution in [2.24, 2.45) is 0 Å². The quantitative estimate of drug-likeness (QED) is 0.817. The Hall–Kier alpha value is -1.90. The first-order valence-corrected chi connectivity index (χ1v) is 11.5. The molecule has 2 aromatic rings. The van der Waals surface area contributed by atoms with Crippen LogP contribution in [0.25, 0.3) is 0 Å². The molecule has 0 aromatic heterocycles. The number of sulfonamides is 2. The van der Waals surface area contributed by atoms with Crippen LogP contribution in [0.5, 0.6) is 0 Å². The van der Waals surface area contributed by atoms with Crippen molar-refractivity contribution in [1.29, 1.82) is 0 Å². The molecule has 0 atom stereocenters. The average molecular weight is 395 g/mol. The zero-order valence-corrected chi connectivity index (χ0v) is 16.2. The van der Waals surface area contributed by atoms with E-state index in [1.54, 1.807) is 24.3 Å². The molecule has 1 N–H and O–H groups in total. The Morgan fingerprint density at radius 3 is 2.27 bits per heavy atom. The average Bonchev–Trinajstić information content (AvgIpc) is 3.12. The highest BCUT2D eigenvalue weighted by Gasteiger charge is 2.27. The van der Waals surface area contributed by atoms with E-state index in [-0.39, 0.29) is 16.3 Å². The second kappa shape index (κ2) is 7.38. The molecule has 26 heavy (non-hydrogen) atoms. The molecule has 0 radical (unpaired) electrons. The van der Waals surface area contributed by atoms with Gasteiger partial charge >= 0.3 is 0 Å². The summed E-state index contributed by atoms with van der Waals surface area (Å²) in [7, 11) is -7.22. The van der Waals surface area contributed by atoms with Crippen molar-refractivity contribution in [2.45, 2.75) is 30.4 Å². The van der Waals surface area contributed by atoms with Crippen LogP contribution in [-0.2, 0) is 25.8 Å². The van der Waals surface area contributed by atoms with Crippen LogP contribution >= 0.6 is 0 Å². The third-order valence-electron chi connectivity index (χ3n) is 4.29. The van der Waals surface area contributed by atoms with Crippen molar-refractivity contribution in [2.75, 3.05) is 17.8 Å². The highest BCUT2D eigenvalue weighted by atomic mass is 32.2. The van der Waals surface area contributed by atoms with Crippen molar-refractivity contribution in [1.82, 2.24) is 4.31 Å². The third-order valence-corrected chi connectivity index (χ3v) is 7.44. The number of nitrogens with one attached hydrogen (secondary N) is 1. The first kappa shape index (κ1) is 18.9. The van der Waals surface area contributed by atoms with Crippen molar-refractivity contribution >= 4 is 25.7 Å². The highest BCUT2D eigenvalue weighted by Crippen LogP contribution is 2.24. The van der Waals surface area contributed by atoms with Gasteiger partial charge in [0, 0.05) is 18.8 Å². The molecular weight excluding hydrogens is 372 g/mol. The molecule has 1 fully saturated rings. The van der Waals surface area contributed by atoms with E-state index in [1.807, 2.05) is 19.1 Å². The Morgan fingerprint density at radius 2 is 1.62 bits per heavy atom. The van der Waals surface area contributed by atoms with Crippen molar-refractivity contribution in [3.8, 4) is 0 Å². The number of nitrogens with zero attached hydrogens (tertiary/aromatic N) is 1. The lowest BCUT2D eigenvalue weighted by atomic mass is 10.2. The van der Waals surface area contributed by atoms with Gasteiger partial charge < -0.3 is 0 Å². The van der Waals surface area contributed by atoms with Crippen LogP contribution in [0.2, 0.25) is 0 Å². The molecule has 0 bridgehead atoms. The molecule has 1 saturated heterocycles. The maximum atomic E-state index is 12.6. The lowest BCUT2D eigenvalue weighted by molar-refractivity contribution is 0.477. The zero-order valence-electron chi connectivity index (χ0n) is 14.6. The second-order valence-electron chi connectivity index (χ2n) is 6.49. The van der Waals surface area contributed by atoms with Gasteiger partial charge in [0.2, 0.25) is 20.0 Å². The van der Waals surface area contributed by atoms with E-state index in [4.69, 9.17) is 0 Å². The van der Waals surface area contributed by atoms with Crippen LogP contribution in [0.4, 0.5) is 5.69 Å². The molecule has 0 aliphatic carbocycles. The Kier molecular flexibility index (Phi) is 5.36. The molecule has 0 unspecified atom stereocenters. The number of rotatable bonds is 6. The van der Waals surface area contributed by atoms with E-state index in [0.717, 1.165) is 18.4 Å². The minimum Gasteiger partial charge on any atom is -0.283 e. The summed E-state index contributed by atoms with van der Waals surface area (Å²) >= 11 is 0. The molecular formula is C18H22N2O4S2. The van der Waals surface area contributed by atoms with Crippen LogP contribution in [0.3, 0.4) is 0 Å². The Labute approximate surface area is 155 Å². The fourth-order valence-electron chi connectivity index (χ4n) is 2.92. The van der Waals surface area contributed by atoms with Gasteiger partial charge in [0.1, 0.15) is 0 Å². The topological polar surface area (TPSA) is 83.5 Å². The molecule has 1 heterocycles. The van der Waals surface area contributed by atoms with Crippen molar-refractivity contribution < 1.29 is 16.8 Å². The van der Waals surface area contributed by atoms with Crippen molar-refractivity contribution in [3.05, 3.63) is 59.7 Å². The van der Waals surface area contributed by atoms with E-state index in [9.17, 15) is 16.8 Å². The summed E-state index contributed by atoms with van der Waals surface area (Å²) in [6.45, 7) is 2.94. The largest absolute Gasteiger partial charge is 0.283 e. The third kappa shape index (κ3) is 4.44. The number of aryl methyl sites for hydroxylation is 1. The molecule has 0 saturated carbocycles. The predicted molar refractivity (Wildman–Crippen MR) is 102 cm³/mol. The van der Waals surface area contributed by atoms with Gasteiger partial charge in [-0.05, 0) is 43.5 Å². The van der Waals surface area contributed by atoms with Gasteiger partial charge in [-0.25, -0.2) is 16.8 Å². The minimum absolute atomic E-state index is 0.106. The lowest BCUT2D eigenvalue weighted by Crippen LogP contribution is -2.28. The van der Waals surface area contributed by atoms with Crippen LogP contribution in [-0.4, -0.2) is 34.2 Å². The van der Waals surface area contributed by atoms with Crippen LogP contribution in [0, 0.1) is 6.92 Å². The van der Waals surface area contributed by atoms with Gasteiger partial charge in [0.25, 0.3) is 0 Å². The van der Waals surface area contributed by atoms with Crippen molar-refractivity contribution in [3.63, 3.8) is 0 Å². The van der Waals surface area contributed by atoms with E-state index in [2.05, 4.69) is 4.72 Å². The van der Waals surface area contributed by atoms with Gasteiger partial charge in [-0.1, -0.05) is 35.9 Å². The summed E-state index contributed by atoms with van der Waals surface area (Å²) in [6.07, 6.45) is 1.70. The molecule has 140 valence electrons. The van der Waals surface area contributed by atoms with Crippen LogP contribution in [0.15, 0.2) is 53.4 Å². The summed E-state index contributed by atoms with van der Waals surface area (Å²) in [5, 5.41) is 0. The normalized spacial score (nSPS) is 15.9. The Bertz CT molecular complexity index is 978. The van der Waals surface area contributed by atoms with Gasteiger partial charge in [0.15, 0.2) is 0 Å². The molecule has 0 amide bonds. The van der Waals surface area contributed by atoms with Crippen LogP contribution in [0.1, 0.15) is 24.0 Å². The molecule has 0 spiro atoms. The Balaban J connectivity index is 1.78. The second-order valence-corrected chi connectivity index (χ2v) is 10.1. The molecule has 8 heteroatoms. The van der Waals surface area contributed by atoms with E-state index < -0.39 is 20.0 Å². The lowest BCUT2D eigenvalue weighted by Gasteiger charge is -2.16. The summed E-state index contributed by atoms with van der Waals surface area (Å²) < 4.78 is 54.0. The maximum absolute atomic E-state index is 12.6. The zero-order chi connectivity index (χ0) is 18.8. The van der Waals surface area contributed by atoms with E-state index in [1.165, 1.54) is 16.4 Å². The SMILES string of the molecule is Cc1ccc(CS(=O)(=O)Nc2cccc(S(=O)(=O)N3CCCC3)c2)cc1. The summed E-state index contributed by atoms with van der Waals surface area (Å²) in [4.78, 5) is 0.106. The highest BCUT2D eigenvalue weighted by molar-refractivity contribution is 7.92. The smallest absolute Gasteiger partial charge is 0.243 e. The minimum atomic E-state index is -3.64. The summed E-state index contributed by atoms with van der Waals surface area (Å²) in [5.74, 6) is -0.170. The van der Waals surface area contributed by atoms with Crippen LogP contribution < -0.4 is 4.72 Å². The molecule has 2 aromatic carbocycles. The van der Waals surface area contributed by atoms with Gasteiger partial charge in [-0.2, -0.15) is 4.31 Å². The first-order valence-electron chi connectivity index (χ1n) is 8.42. The maximum Gasteiger partial charge on any atom is 0.243 e. The fraction of sp³-hybridized carbons (Fsp3) is 0.333. The van der Waals surface area contributed by atoms with E-state index >= 15 is 0 Å². The number of hydrogen-bond donors (Lipinski definition) is 1.